The molecule has 3 heteroatoms. The topological polar surface area (TPSA) is 29.9 Å². The molecule has 0 spiro atoms. The van der Waals surface area contributed by atoms with Gasteiger partial charge in [0.1, 0.15) is 0 Å². The molecule has 0 aliphatic carbocycles. The summed E-state index contributed by atoms with van der Waals surface area (Å²) in [4.78, 5) is 0. The zero-order valence-electron chi connectivity index (χ0n) is 13.0. The van der Waals surface area contributed by atoms with Gasteiger partial charge in [0.15, 0.2) is 0 Å². The van der Waals surface area contributed by atoms with E-state index < -0.39 is 0 Å². The molecule has 1 aromatic carbocycles. The summed E-state index contributed by atoms with van der Waals surface area (Å²) in [5.41, 5.74) is 5.05. The van der Waals surface area contributed by atoms with E-state index in [0.29, 0.717) is 6.04 Å². The maximum absolute atomic E-state index is 4.54. The molecular weight excluding hydrogens is 246 g/mol. The summed E-state index contributed by atoms with van der Waals surface area (Å²) in [6.07, 6.45) is 4.18. The molecule has 3 nitrogen and oxygen atoms in total. The van der Waals surface area contributed by atoms with Gasteiger partial charge in [0.05, 0.1) is 5.69 Å². The van der Waals surface area contributed by atoms with E-state index in [4.69, 9.17) is 0 Å². The summed E-state index contributed by atoms with van der Waals surface area (Å²) in [6.45, 7) is 7.53. The first-order valence-corrected chi connectivity index (χ1v) is 7.55. The van der Waals surface area contributed by atoms with Gasteiger partial charge in [0.25, 0.3) is 0 Å². The lowest BCUT2D eigenvalue weighted by Crippen LogP contribution is -2.19. The summed E-state index contributed by atoms with van der Waals surface area (Å²) >= 11 is 0. The average molecular weight is 271 g/mol. The van der Waals surface area contributed by atoms with Gasteiger partial charge < -0.3 is 5.32 Å². The Labute approximate surface area is 122 Å². The molecule has 1 aromatic heterocycles. The molecule has 0 aliphatic rings. The zero-order valence-corrected chi connectivity index (χ0v) is 13.0. The number of hydrogen-bond donors (Lipinski definition) is 1. The van der Waals surface area contributed by atoms with Crippen LogP contribution in [-0.2, 0) is 13.5 Å². The molecule has 108 valence electrons. The van der Waals surface area contributed by atoms with Crippen molar-refractivity contribution in [2.45, 2.75) is 39.7 Å². The Morgan fingerprint density at radius 1 is 1.25 bits per heavy atom. The van der Waals surface area contributed by atoms with Crippen LogP contribution in [0.15, 0.2) is 30.5 Å². The lowest BCUT2D eigenvalue weighted by Gasteiger charge is -2.17. The van der Waals surface area contributed by atoms with Crippen LogP contribution in [0.1, 0.15) is 44.5 Å². The third-order valence-corrected chi connectivity index (χ3v) is 3.70. The first kappa shape index (κ1) is 14.8. The fourth-order valence-corrected chi connectivity index (χ4v) is 2.70. The standard InChI is InChI=1S/C17H25N3/c1-5-16(18-7-3)14-10-8-9-13(11-14)15-12-20(4)19-17(15)6-2/h8-12,16,18H,5-7H2,1-4H3. The van der Waals surface area contributed by atoms with Crippen molar-refractivity contribution < 1.29 is 0 Å². The Balaban J connectivity index is 2.38. The van der Waals surface area contributed by atoms with E-state index in [0.717, 1.165) is 19.4 Å². The molecular formula is C17H25N3. The first-order valence-electron chi connectivity index (χ1n) is 7.55. The van der Waals surface area contributed by atoms with E-state index in [1.165, 1.54) is 22.4 Å². The molecule has 0 aliphatic heterocycles. The summed E-state index contributed by atoms with van der Waals surface area (Å²) in [6, 6.07) is 9.27. The third kappa shape index (κ3) is 3.10. The van der Waals surface area contributed by atoms with Gasteiger partial charge in [-0.25, -0.2) is 0 Å². The van der Waals surface area contributed by atoms with Crippen molar-refractivity contribution in [1.82, 2.24) is 15.1 Å². The normalized spacial score (nSPS) is 12.6. The molecule has 0 bridgehead atoms. The summed E-state index contributed by atoms with van der Waals surface area (Å²) in [5, 5.41) is 8.08. The number of rotatable bonds is 6. The minimum Gasteiger partial charge on any atom is -0.310 e. The predicted octanol–water partition coefficient (Wildman–Crippen LogP) is 3.71. The molecule has 0 fully saturated rings. The quantitative estimate of drug-likeness (QED) is 0.868. The fraction of sp³-hybridized carbons (Fsp3) is 0.471. The Kier molecular flexibility index (Phi) is 4.96. The van der Waals surface area contributed by atoms with E-state index in [1.807, 2.05) is 11.7 Å². The van der Waals surface area contributed by atoms with E-state index in [2.05, 4.69) is 61.6 Å². The predicted molar refractivity (Wildman–Crippen MR) is 84.7 cm³/mol. The molecule has 1 N–H and O–H groups in total. The maximum Gasteiger partial charge on any atom is 0.0700 e. The van der Waals surface area contributed by atoms with Crippen molar-refractivity contribution >= 4 is 0 Å². The number of nitrogens with zero attached hydrogens (tertiary/aromatic N) is 2. The zero-order chi connectivity index (χ0) is 14.5. The molecule has 0 saturated heterocycles. The molecule has 1 unspecified atom stereocenters. The van der Waals surface area contributed by atoms with Crippen LogP contribution in [0.4, 0.5) is 0 Å². The highest BCUT2D eigenvalue weighted by Gasteiger charge is 2.12. The first-order chi connectivity index (χ1) is 9.69. The highest BCUT2D eigenvalue weighted by atomic mass is 15.2. The van der Waals surface area contributed by atoms with Gasteiger partial charge in [-0.2, -0.15) is 5.10 Å². The molecule has 0 saturated carbocycles. The number of aryl methyl sites for hydroxylation is 2. The van der Waals surface area contributed by atoms with Gasteiger partial charge in [-0.15, -0.1) is 0 Å². The highest BCUT2D eigenvalue weighted by molar-refractivity contribution is 5.66. The van der Waals surface area contributed by atoms with Gasteiger partial charge in [0, 0.05) is 24.8 Å². The number of hydrogen-bond acceptors (Lipinski definition) is 2. The number of benzene rings is 1. The van der Waals surface area contributed by atoms with Gasteiger partial charge in [0.2, 0.25) is 0 Å². The minimum absolute atomic E-state index is 0.432. The third-order valence-electron chi connectivity index (χ3n) is 3.70. The van der Waals surface area contributed by atoms with E-state index in [9.17, 15) is 0 Å². The Bertz CT molecular complexity index is 557. The summed E-state index contributed by atoms with van der Waals surface area (Å²) in [5.74, 6) is 0. The second-order valence-electron chi connectivity index (χ2n) is 5.16. The summed E-state index contributed by atoms with van der Waals surface area (Å²) < 4.78 is 1.91. The van der Waals surface area contributed by atoms with E-state index in [-0.39, 0.29) is 0 Å². The maximum atomic E-state index is 4.54. The molecule has 1 heterocycles. The van der Waals surface area contributed by atoms with Gasteiger partial charge in [-0.1, -0.05) is 39.0 Å². The van der Waals surface area contributed by atoms with E-state index >= 15 is 0 Å². The molecule has 2 rings (SSSR count). The second-order valence-corrected chi connectivity index (χ2v) is 5.16. The van der Waals surface area contributed by atoms with Crippen molar-refractivity contribution in [2.75, 3.05) is 6.54 Å². The van der Waals surface area contributed by atoms with Crippen LogP contribution in [-0.4, -0.2) is 16.3 Å². The largest absolute Gasteiger partial charge is 0.310 e. The van der Waals surface area contributed by atoms with E-state index in [1.54, 1.807) is 0 Å². The van der Waals surface area contributed by atoms with Crippen LogP contribution in [0.25, 0.3) is 11.1 Å². The van der Waals surface area contributed by atoms with Crippen LogP contribution in [0.3, 0.4) is 0 Å². The van der Waals surface area contributed by atoms with Crippen molar-refractivity contribution in [2.24, 2.45) is 7.05 Å². The smallest absolute Gasteiger partial charge is 0.0700 e. The van der Waals surface area contributed by atoms with Crippen molar-refractivity contribution in [3.63, 3.8) is 0 Å². The van der Waals surface area contributed by atoms with Crippen molar-refractivity contribution in [3.05, 3.63) is 41.7 Å². The van der Waals surface area contributed by atoms with Gasteiger partial charge >= 0.3 is 0 Å². The Hall–Kier alpha value is -1.61. The fourth-order valence-electron chi connectivity index (χ4n) is 2.70. The SMILES string of the molecule is CCNC(CC)c1cccc(-c2cn(C)nc2CC)c1. The van der Waals surface area contributed by atoms with Gasteiger partial charge in [-0.3, -0.25) is 4.68 Å². The number of aromatic nitrogens is 2. The van der Waals surface area contributed by atoms with Crippen LogP contribution < -0.4 is 5.32 Å². The number of nitrogens with one attached hydrogen (secondary N) is 1. The minimum atomic E-state index is 0.432. The monoisotopic (exact) mass is 271 g/mol. The highest BCUT2D eigenvalue weighted by Crippen LogP contribution is 2.27. The molecule has 1 atom stereocenters. The Morgan fingerprint density at radius 2 is 2.05 bits per heavy atom. The Morgan fingerprint density at radius 3 is 2.70 bits per heavy atom. The van der Waals surface area contributed by atoms with Crippen LogP contribution >= 0.6 is 0 Å². The van der Waals surface area contributed by atoms with Crippen molar-refractivity contribution in [1.29, 1.82) is 0 Å². The van der Waals surface area contributed by atoms with Crippen LogP contribution in [0.5, 0.6) is 0 Å². The lowest BCUT2D eigenvalue weighted by molar-refractivity contribution is 0.537. The average Bonchev–Trinajstić information content (AvgIpc) is 2.86. The summed E-state index contributed by atoms with van der Waals surface area (Å²) in [7, 11) is 1.99. The molecule has 0 radical (unpaired) electrons. The van der Waals surface area contributed by atoms with Crippen LogP contribution in [0, 0.1) is 0 Å². The molecule has 2 aromatic rings. The second kappa shape index (κ2) is 6.71. The molecule has 0 amide bonds. The lowest BCUT2D eigenvalue weighted by atomic mass is 9.98. The van der Waals surface area contributed by atoms with Gasteiger partial charge in [-0.05, 0) is 36.6 Å². The molecule has 20 heavy (non-hydrogen) atoms. The van der Waals surface area contributed by atoms with Crippen molar-refractivity contribution in [3.8, 4) is 11.1 Å². The van der Waals surface area contributed by atoms with Crippen LogP contribution in [0.2, 0.25) is 0 Å².